The van der Waals surface area contributed by atoms with Gasteiger partial charge in [0.15, 0.2) is 12.2 Å². The van der Waals surface area contributed by atoms with Crippen LogP contribution in [0.15, 0.2) is 77.9 Å². The average Bonchev–Trinajstić information content (AvgIpc) is 3.55. The highest BCUT2D eigenvalue weighted by Crippen LogP contribution is 2.27. The van der Waals surface area contributed by atoms with Crippen LogP contribution in [0, 0.1) is 0 Å². The van der Waals surface area contributed by atoms with Crippen LogP contribution in [0.3, 0.4) is 0 Å². The van der Waals surface area contributed by atoms with E-state index >= 15 is 0 Å². The van der Waals surface area contributed by atoms with E-state index in [0.717, 1.165) is 57.7 Å². The van der Waals surface area contributed by atoms with Gasteiger partial charge in [-0.15, -0.1) is 0 Å². The summed E-state index contributed by atoms with van der Waals surface area (Å²) in [6.07, 6.45) is 9.16. The molecular weight excluding hydrogens is 558 g/mol. The van der Waals surface area contributed by atoms with Gasteiger partial charge in [0.2, 0.25) is 5.91 Å². The predicted octanol–water partition coefficient (Wildman–Crippen LogP) is 3.75. The Labute approximate surface area is 257 Å². The summed E-state index contributed by atoms with van der Waals surface area (Å²) in [6.45, 7) is 5.20. The minimum Gasteiger partial charge on any atom is -0.490 e. The minimum atomic E-state index is -0.661. The molecule has 1 saturated heterocycles. The predicted molar refractivity (Wildman–Crippen MR) is 164 cm³/mol. The van der Waals surface area contributed by atoms with E-state index in [9.17, 15) is 9.90 Å². The number of hydrogen-bond acceptors (Lipinski definition) is 9. The number of likely N-dealkylation sites (tertiary alicyclic amines) is 1. The number of β-amino-alcohol motifs (C(OH)–C–C–N with tert-alkyl or cyclic N) is 1. The Morgan fingerprint density at radius 3 is 2.59 bits per heavy atom. The number of rotatable bonds is 12. The largest absolute Gasteiger partial charge is 0.490 e. The van der Waals surface area contributed by atoms with Gasteiger partial charge in [-0.3, -0.25) is 19.6 Å². The molecule has 10 nitrogen and oxygen atoms in total. The van der Waals surface area contributed by atoms with E-state index in [4.69, 9.17) is 19.6 Å². The Bertz CT molecular complexity index is 1520. The highest BCUT2D eigenvalue weighted by atomic mass is 16.5. The Kier molecular flexibility index (Phi) is 9.50. The molecule has 0 radical (unpaired) electrons. The molecule has 2 aromatic heterocycles. The Morgan fingerprint density at radius 1 is 1.00 bits per heavy atom. The molecule has 10 heteroatoms. The fraction of sp³-hybridized carbons (Fsp3) is 0.382. The van der Waals surface area contributed by atoms with Crippen molar-refractivity contribution in [2.75, 3.05) is 26.2 Å². The number of nitrogens with zero attached hydrogens (tertiary/aromatic N) is 4. The number of benzene rings is 2. The molecule has 2 aliphatic rings. The molecule has 0 spiro atoms. The zero-order valence-electron chi connectivity index (χ0n) is 24.8. The monoisotopic (exact) mass is 597 g/mol. The molecule has 1 amide bonds. The molecule has 0 aliphatic carbocycles. The van der Waals surface area contributed by atoms with E-state index in [2.05, 4.69) is 44.0 Å². The highest BCUT2D eigenvalue weighted by Gasteiger charge is 2.23. The molecule has 2 aromatic carbocycles. The Balaban J connectivity index is 1.01. The minimum absolute atomic E-state index is 0.0994. The number of aliphatic hydroxyl groups excluding tert-OH is 1. The van der Waals surface area contributed by atoms with Crippen LogP contribution >= 0.6 is 0 Å². The van der Waals surface area contributed by atoms with Crippen LogP contribution < -0.4 is 15.2 Å². The van der Waals surface area contributed by atoms with Gasteiger partial charge in [0.25, 0.3) is 0 Å². The number of oxazole rings is 1. The third-order valence-corrected chi connectivity index (χ3v) is 8.39. The summed E-state index contributed by atoms with van der Waals surface area (Å²) in [5, 5.41) is 11.1. The van der Waals surface area contributed by atoms with Gasteiger partial charge in [0.1, 0.15) is 24.2 Å². The van der Waals surface area contributed by atoms with Gasteiger partial charge in [-0.1, -0.05) is 6.07 Å². The van der Waals surface area contributed by atoms with Crippen LogP contribution in [0.5, 0.6) is 11.5 Å². The summed E-state index contributed by atoms with van der Waals surface area (Å²) in [6, 6.07) is 15.6. The molecule has 0 saturated carbocycles. The maximum absolute atomic E-state index is 12.2. The van der Waals surface area contributed by atoms with Crippen molar-refractivity contribution < 1.29 is 23.8 Å². The molecule has 0 bridgehead atoms. The lowest BCUT2D eigenvalue weighted by Gasteiger charge is -2.32. The Morgan fingerprint density at radius 2 is 1.82 bits per heavy atom. The van der Waals surface area contributed by atoms with E-state index < -0.39 is 12.0 Å². The van der Waals surface area contributed by atoms with Gasteiger partial charge in [-0.2, -0.15) is 0 Å². The van der Waals surface area contributed by atoms with E-state index in [1.807, 2.05) is 30.6 Å². The molecule has 6 rings (SSSR count). The number of nitrogens with two attached hydrogens (primary N) is 1. The first kappa shape index (κ1) is 29.8. The van der Waals surface area contributed by atoms with Crippen LogP contribution in [-0.4, -0.2) is 69.2 Å². The first-order chi connectivity index (χ1) is 21.5. The molecule has 4 aromatic rings. The first-order valence-corrected chi connectivity index (χ1v) is 15.2. The van der Waals surface area contributed by atoms with Crippen molar-refractivity contribution >= 4 is 5.91 Å². The zero-order chi connectivity index (χ0) is 30.3. The van der Waals surface area contributed by atoms with Crippen LogP contribution in [-0.2, 0) is 32.5 Å². The van der Waals surface area contributed by atoms with Gasteiger partial charge in [-0.05, 0) is 84.0 Å². The van der Waals surface area contributed by atoms with Gasteiger partial charge >= 0.3 is 0 Å². The number of ether oxygens (including phenoxy) is 2. The molecule has 2 aliphatic heterocycles. The van der Waals surface area contributed by atoms with Gasteiger partial charge < -0.3 is 24.7 Å². The fourth-order valence-corrected chi connectivity index (χ4v) is 6.09. The van der Waals surface area contributed by atoms with Gasteiger partial charge in [-0.25, -0.2) is 4.98 Å². The number of aliphatic hydroxyl groups is 1. The van der Waals surface area contributed by atoms with Crippen molar-refractivity contribution in [1.82, 2.24) is 19.8 Å². The molecule has 1 atom stereocenters. The van der Waals surface area contributed by atoms with Crippen molar-refractivity contribution in [1.29, 1.82) is 0 Å². The summed E-state index contributed by atoms with van der Waals surface area (Å²) in [5.74, 6) is 1.68. The molecular formula is C34H39N5O5. The van der Waals surface area contributed by atoms with Crippen molar-refractivity contribution in [3.8, 4) is 11.5 Å². The summed E-state index contributed by atoms with van der Waals surface area (Å²) in [7, 11) is 0. The molecule has 3 N–H and O–H groups in total. The quantitative estimate of drug-likeness (QED) is 0.251. The second-order valence-corrected chi connectivity index (χ2v) is 11.7. The number of pyridine rings is 1. The van der Waals surface area contributed by atoms with Gasteiger partial charge in [0, 0.05) is 63.6 Å². The molecule has 44 heavy (non-hydrogen) atoms. The number of carbonyl (C=O) groups is 1. The standard InChI is InChI=1S/C34H39N5O5/c35-34(41)33-4-3-31(44-29-8-13-38(14-9-29)19-24-5-10-36-11-6-24)17-27(33)15-28(40)21-39-12-7-25-16-30(2-1-26(25)20-39)42-22-32-18-37-23-43-32/h1-6,10-11,16-18,23,28-29,40H,7-9,12-15,19-22H2,(H2,35,41). The van der Waals surface area contributed by atoms with Crippen LogP contribution in [0.4, 0.5) is 0 Å². The summed E-state index contributed by atoms with van der Waals surface area (Å²) in [4.78, 5) is 24.9. The lowest BCUT2D eigenvalue weighted by molar-refractivity contribution is 0.0956. The zero-order valence-corrected chi connectivity index (χ0v) is 24.8. The third kappa shape index (κ3) is 7.82. The maximum Gasteiger partial charge on any atom is 0.248 e. The SMILES string of the molecule is NC(=O)c1ccc(OC2CCN(Cc3ccncc3)CC2)cc1CC(O)CN1CCc2cc(OCc3cnco3)ccc2C1. The van der Waals surface area contributed by atoms with Crippen molar-refractivity contribution in [2.45, 2.75) is 57.6 Å². The summed E-state index contributed by atoms with van der Waals surface area (Å²) >= 11 is 0. The number of primary amides is 1. The number of carbonyl (C=O) groups excluding carboxylic acids is 1. The van der Waals surface area contributed by atoms with E-state index in [1.165, 1.54) is 23.1 Å². The number of aromatic nitrogens is 2. The van der Waals surface area contributed by atoms with Gasteiger partial charge in [0.05, 0.1) is 12.3 Å². The second kappa shape index (κ2) is 14.0. The van der Waals surface area contributed by atoms with E-state index in [1.54, 1.807) is 12.3 Å². The Hall–Kier alpha value is -4.25. The van der Waals surface area contributed by atoms with Crippen LogP contribution in [0.2, 0.25) is 0 Å². The lowest BCUT2D eigenvalue weighted by Crippen LogP contribution is -2.38. The maximum atomic E-state index is 12.2. The molecule has 4 heterocycles. The van der Waals surface area contributed by atoms with E-state index in [-0.39, 0.29) is 6.10 Å². The normalized spacial score (nSPS) is 16.8. The van der Waals surface area contributed by atoms with Crippen molar-refractivity contribution in [2.24, 2.45) is 5.73 Å². The van der Waals surface area contributed by atoms with Crippen molar-refractivity contribution in [3.63, 3.8) is 0 Å². The lowest BCUT2D eigenvalue weighted by atomic mass is 9.97. The first-order valence-electron chi connectivity index (χ1n) is 15.2. The summed E-state index contributed by atoms with van der Waals surface area (Å²) in [5.41, 5.74) is 10.6. The number of fused-ring (bicyclic) bond motifs is 1. The second-order valence-electron chi connectivity index (χ2n) is 11.7. The molecule has 1 unspecified atom stereocenters. The third-order valence-electron chi connectivity index (χ3n) is 8.39. The smallest absolute Gasteiger partial charge is 0.248 e. The van der Waals surface area contributed by atoms with Crippen LogP contribution in [0.1, 0.15) is 51.2 Å². The highest BCUT2D eigenvalue weighted by molar-refractivity contribution is 5.94. The van der Waals surface area contributed by atoms with E-state index in [0.29, 0.717) is 42.2 Å². The van der Waals surface area contributed by atoms with Crippen molar-refractivity contribution in [3.05, 3.63) is 107 Å². The average molecular weight is 598 g/mol. The fourth-order valence-electron chi connectivity index (χ4n) is 6.09. The molecule has 230 valence electrons. The summed E-state index contributed by atoms with van der Waals surface area (Å²) < 4.78 is 17.4. The number of piperidine rings is 1. The number of amides is 1. The number of hydrogen-bond donors (Lipinski definition) is 2. The molecule has 1 fully saturated rings. The van der Waals surface area contributed by atoms with Crippen LogP contribution in [0.25, 0.3) is 0 Å². The topological polar surface area (TPSA) is 127 Å².